The van der Waals surface area contributed by atoms with Crippen molar-refractivity contribution in [2.24, 2.45) is 0 Å². The van der Waals surface area contributed by atoms with E-state index in [-0.39, 0.29) is 0 Å². The van der Waals surface area contributed by atoms with Gasteiger partial charge in [0, 0.05) is 19.8 Å². The van der Waals surface area contributed by atoms with Crippen LogP contribution in [-0.4, -0.2) is 48.4 Å². The van der Waals surface area contributed by atoms with Crippen LogP contribution in [0.3, 0.4) is 0 Å². The summed E-state index contributed by atoms with van der Waals surface area (Å²) in [7, 11) is -1.44. The van der Waals surface area contributed by atoms with Gasteiger partial charge >= 0.3 is 9.28 Å². The van der Waals surface area contributed by atoms with Crippen molar-refractivity contribution in [3.8, 4) is 0 Å². The summed E-state index contributed by atoms with van der Waals surface area (Å²) >= 11 is 0. The Morgan fingerprint density at radius 3 is 2.15 bits per heavy atom. The first-order valence-corrected chi connectivity index (χ1v) is 10.0. The fourth-order valence-electron chi connectivity index (χ4n) is 1.83. The van der Waals surface area contributed by atoms with Crippen molar-refractivity contribution in [3.63, 3.8) is 0 Å². The van der Waals surface area contributed by atoms with Crippen LogP contribution < -0.4 is 0 Å². The maximum absolute atomic E-state index is 5.94. The minimum absolute atomic E-state index is 0.381. The van der Waals surface area contributed by atoms with Crippen LogP contribution in [0.1, 0.15) is 52.4 Å². The van der Waals surface area contributed by atoms with Gasteiger partial charge in [0.1, 0.15) is 6.10 Å². The molecular formula is C15H32O4Si. The van der Waals surface area contributed by atoms with E-state index >= 15 is 0 Å². The Morgan fingerprint density at radius 2 is 1.60 bits per heavy atom. The summed E-state index contributed by atoms with van der Waals surface area (Å²) in [6.07, 6.45) is 7.30. The van der Waals surface area contributed by atoms with E-state index in [0.29, 0.717) is 6.10 Å². The molecule has 0 aliphatic carbocycles. The molecule has 0 aromatic carbocycles. The first-order valence-electron chi connectivity index (χ1n) is 8.29. The number of epoxide rings is 1. The van der Waals surface area contributed by atoms with Gasteiger partial charge in [0.05, 0.1) is 13.2 Å². The molecule has 0 N–H and O–H groups in total. The zero-order chi connectivity index (χ0) is 14.5. The van der Waals surface area contributed by atoms with Gasteiger partial charge in [0.15, 0.2) is 0 Å². The van der Waals surface area contributed by atoms with Crippen LogP contribution in [-0.2, 0) is 18.3 Å². The number of ether oxygens (including phenoxy) is 2. The van der Waals surface area contributed by atoms with Crippen molar-refractivity contribution in [1.29, 1.82) is 0 Å². The highest BCUT2D eigenvalue weighted by Gasteiger charge is 2.22. The second-order valence-corrected chi connectivity index (χ2v) is 7.51. The smallest absolute Gasteiger partial charge is 0.321 e. The molecule has 120 valence electrons. The summed E-state index contributed by atoms with van der Waals surface area (Å²) in [6, 6.07) is 1.11. The Labute approximate surface area is 126 Å². The lowest BCUT2D eigenvalue weighted by Crippen LogP contribution is -2.24. The molecule has 1 unspecified atom stereocenters. The SMILES string of the molecule is CCCCO[SiH](CCCCOCC1CO1)OCCCC. The maximum atomic E-state index is 5.94. The summed E-state index contributed by atoms with van der Waals surface area (Å²) in [4.78, 5) is 0. The molecule has 0 bridgehead atoms. The van der Waals surface area contributed by atoms with Crippen LogP contribution in [0.2, 0.25) is 6.04 Å². The largest absolute Gasteiger partial charge is 0.397 e. The zero-order valence-electron chi connectivity index (χ0n) is 13.3. The van der Waals surface area contributed by atoms with Crippen molar-refractivity contribution in [1.82, 2.24) is 0 Å². The normalized spacial score (nSPS) is 17.9. The number of hydrogen-bond donors (Lipinski definition) is 0. The first kappa shape index (κ1) is 18.1. The summed E-state index contributed by atoms with van der Waals surface area (Å²) in [5, 5.41) is 0. The molecule has 20 heavy (non-hydrogen) atoms. The summed E-state index contributed by atoms with van der Waals surface area (Å²) < 4.78 is 22.5. The van der Waals surface area contributed by atoms with E-state index < -0.39 is 9.28 Å². The van der Waals surface area contributed by atoms with Crippen LogP contribution in [0.25, 0.3) is 0 Å². The van der Waals surface area contributed by atoms with Crippen LogP contribution in [0.5, 0.6) is 0 Å². The fourth-order valence-corrected chi connectivity index (χ4v) is 3.74. The summed E-state index contributed by atoms with van der Waals surface area (Å²) in [6.45, 7) is 8.61. The van der Waals surface area contributed by atoms with E-state index in [9.17, 15) is 0 Å². The van der Waals surface area contributed by atoms with Crippen LogP contribution >= 0.6 is 0 Å². The average molecular weight is 305 g/mol. The van der Waals surface area contributed by atoms with Crippen molar-refractivity contribution in [2.45, 2.75) is 64.5 Å². The monoisotopic (exact) mass is 304 g/mol. The molecule has 0 aromatic heterocycles. The van der Waals surface area contributed by atoms with E-state index in [1.807, 2.05) is 0 Å². The van der Waals surface area contributed by atoms with Gasteiger partial charge in [0.2, 0.25) is 0 Å². The molecule has 0 saturated carbocycles. The van der Waals surface area contributed by atoms with E-state index in [1.54, 1.807) is 0 Å². The van der Waals surface area contributed by atoms with Crippen molar-refractivity contribution >= 4 is 9.28 Å². The number of rotatable bonds is 15. The van der Waals surface area contributed by atoms with E-state index in [0.717, 1.165) is 64.8 Å². The van der Waals surface area contributed by atoms with Gasteiger partial charge in [-0.15, -0.1) is 0 Å². The molecule has 1 atom stereocenters. The average Bonchev–Trinajstić information content (AvgIpc) is 3.26. The van der Waals surface area contributed by atoms with Gasteiger partial charge in [-0.2, -0.15) is 0 Å². The molecule has 0 amide bonds. The third-order valence-electron chi connectivity index (χ3n) is 3.29. The van der Waals surface area contributed by atoms with E-state index in [2.05, 4.69) is 13.8 Å². The number of hydrogen-bond acceptors (Lipinski definition) is 4. The Bertz CT molecular complexity index is 202. The lowest BCUT2D eigenvalue weighted by molar-refractivity contribution is 0.113. The molecule has 0 aromatic rings. The quantitative estimate of drug-likeness (QED) is 0.265. The first-order chi connectivity index (χ1) is 9.86. The topological polar surface area (TPSA) is 40.2 Å². The molecular weight excluding hydrogens is 272 g/mol. The molecule has 4 nitrogen and oxygen atoms in total. The Kier molecular flexibility index (Phi) is 11.6. The highest BCUT2D eigenvalue weighted by Crippen LogP contribution is 2.10. The van der Waals surface area contributed by atoms with Gasteiger partial charge in [0.25, 0.3) is 0 Å². The van der Waals surface area contributed by atoms with Crippen LogP contribution in [0.4, 0.5) is 0 Å². The maximum Gasteiger partial charge on any atom is 0.321 e. The van der Waals surface area contributed by atoms with E-state index in [1.165, 1.54) is 12.8 Å². The van der Waals surface area contributed by atoms with Crippen molar-refractivity contribution < 1.29 is 18.3 Å². The lowest BCUT2D eigenvalue weighted by Gasteiger charge is -2.16. The van der Waals surface area contributed by atoms with Gasteiger partial charge in [-0.1, -0.05) is 26.7 Å². The highest BCUT2D eigenvalue weighted by atomic mass is 28.3. The van der Waals surface area contributed by atoms with Crippen LogP contribution in [0, 0.1) is 0 Å². The molecule has 0 radical (unpaired) electrons. The second-order valence-electron chi connectivity index (χ2n) is 5.40. The zero-order valence-corrected chi connectivity index (χ0v) is 14.4. The minimum atomic E-state index is -1.44. The molecule has 1 aliphatic heterocycles. The molecule has 1 fully saturated rings. The predicted molar refractivity (Wildman–Crippen MR) is 83.5 cm³/mol. The molecule has 1 heterocycles. The fraction of sp³-hybridized carbons (Fsp3) is 1.00. The second kappa shape index (κ2) is 12.8. The molecule has 0 spiro atoms. The van der Waals surface area contributed by atoms with Gasteiger partial charge in [-0.3, -0.25) is 0 Å². The molecule has 1 rings (SSSR count). The Hall–Kier alpha value is 0.0569. The summed E-state index contributed by atoms with van der Waals surface area (Å²) in [5.41, 5.74) is 0. The number of unbranched alkanes of at least 4 members (excludes halogenated alkanes) is 3. The predicted octanol–water partition coefficient (Wildman–Crippen LogP) is 3.04. The molecule has 1 aliphatic rings. The van der Waals surface area contributed by atoms with Gasteiger partial charge in [-0.25, -0.2) is 0 Å². The Balaban J connectivity index is 1.97. The highest BCUT2D eigenvalue weighted by molar-refractivity contribution is 6.44. The van der Waals surface area contributed by atoms with E-state index in [4.69, 9.17) is 18.3 Å². The molecule has 1 saturated heterocycles. The molecule has 5 heteroatoms. The van der Waals surface area contributed by atoms with Crippen molar-refractivity contribution in [3.05, 3.63) is 0 Å². The van der Waals surface area contributed by atoms with Gasteiger partial charge < -0.3 is 18.3 Å². The lowest BCUT2D eigenvalue weighted by atomic mass is 10.3. The standard InChI is InChI=1S/C15H32O4Si/c1-3-5-10-18-20(19-11-6-4-2)12-8-7-9-16-13-15-14-17-15/h15,20H,3-14H2,1-2H3. The van der Waals surface area contributed by atoms with Crippen LogP contribution in [0.15, 0.2) is 0 Å². The minimum Gasteiger partial charge on any atom is -0.397 e. The van der Waals surface area contributed by atoms with Gasteiger partial charge in [-0.05, 0) is 31.7 Å². The Morgan fingerprint density at radius 1 is 0.950 bits per heavy atom. The third kappa shape index (κ3) is 10.8. The third-order valence-corrected chi connectivity index (χ3v) is 5.38. The summed E-state index contributed by atoms with van der Waals surface area (Å²) in [5.74, 6) is 0. The van der Waals surface area contributed by atoms with Crippen molar-refractivity contribution in [2.75, 3.05) is 33.0 Å².